The lowest BCUT2D eigenvalue weighted by Gasteiger charge is -2.22. The van der Waals surface area contributed by atoms with E-state index in [1.54, 1.807) is 20.8 Å². The van der Waals surface area contributed by atoms with E-state index in [-0.39, 0.29) is 0 Å². The summed E-state index contributed by atoms with van der Waals surface area (Å²) in [7, 11) is 0. The predicted octanol–water partition coefficient (Wildman–Crippen LogP) is 2.34. The van der Waals surface area contributed by atoms with Crippen LogP contribution in [0.5, 0.6) is 0 Å². The van der Waals surface area contributed by atoms with Crippen LogP contribution in [0.4, 0.5) is 4.79 Å². The molecule has 0 fully saturated rings. The average Bonchev–Trinajstić information content (AvgIpc) is 2.19. The smallest absolute Gasteiger partial charge is 0.408 e. The van der Waals surface area contributed by atoms with Gasteiger partial charge in [0.05, 0.1) is 0 Å². The number of hydrogen-bond acceptors (Lipinski definition) is 3. The Morgan fingerprint density at radius 3 is 2.28 bits per heavy atom. The Labute approximate surface area is 109 Å². The van der Waals surface area contributed by atoms with Gasteiger partial charge in [0.25, 0.3) is 0 Å². The second-order valence-electron chi connectivity index (χ2n) is 5.45. The summed E-state index contributed by atoms with van der Waals surface area (Å²) in [5.74, 6) is -0.516. The summed E-state index contributed by atoms with van der Waals surface area (Å²) in [6.45, 7) is 7.43. The van der Waals surface area contributed by atoms with Crippen LogP contribution >= 0.6 is 0 Å². The van der Waals surface area contributed by atoms with Crippen molar-refractivity contribution in [2.75, 3.05) is 0 Å². The molecule has 2 amide bonds. The van der Waals surface area contributed by atoms with Gasteiger partial charge in [0.2, 0.25) is 5.91 Å². The van der Waals surface area contributed by atoms with E-state index in [0.29, 0.717) is 6.42 Å². The Morgan fingerprint density at radius 2 is 1.83 bits per heavy atom. The molecule has 0 saturated heterocycles. The lowest BCUT2D eigenvalue weighted by atomic mass is 10.1. The zero-order chi connectivity index (χ0) is 14.2. The molecule has 1 unspecified atom stereocenters. The first-order valence-electron chi connectivity index (χ1n) is 6.55. The molecule has 0 bridgehead atoms. The van der Waals surface area contributed by atoms with Gasteiger partial charge in [-0.25, -0.2) is 4.79 Å². The molecule has 0 saturated carbocycles. The molecule has 18 heavy (non-hydrogen) atoms. The van der Waals surface area contributed by atoms with Crippen LogP contribution in [0.2, 0.25) is 0 Å². The van der Waals surface area contributed by atoms with Gasteiger partial charge >= 0.3 is 6.09 Å². The highest BCUT2D eigenvalue weighted by molar-refractivity contribution is 5.84. The van der Waals surface area contributed by atoms with Gasteiger partial charge in [0.1, 0.15) is 11.6 Å². The topological polar surface area (TPSA) is 81.4 Å². The van der Waals surface area contributed by atoms with Crippen LogP contribution in [0.3, 0.4) is 0 Å². The quantitative estimate of drug-likeness (QED) is 0.688. The Kier molecular flexibility index (Phi) is 7.39. The van der Waals surface area contributed by atoms with E-state index in [1.807, 2.05) is 0 Å². The zero-order valence-corrected chi connectivity index (χ0v) is 11.9. The number of ether oxygens (including phenoxy) is 1. The number of carbonyl (C=O) groups is 2. The number of unbranched alkanes of at least 4 members (excludes halogenated alkanes) is 3. The predicted molar refractivity (Wildman–Crippen MR) is 71.1 cm³/mol. The maximum Gasteiger partial charge on any atom is 0.408 e. The molecule has 106 valence electrons. The van der Waals surface area contributed by atoms with Crippen LogP contribution in [-0.2, 0) is 9.53 Å². The van der Waals surface area contributed by atoms with Crippen LogP contribution in [-0.4, -0.2) is 23.6 Å². The molecular weight excluding hydrogens is 232 g/mol. The van der Waals surface area contributed by atoms with E-state index in [2.05, 4.69) is 12.2 Å². The summed E-state index contributed by atoms with van der Waals surface area (Å²) in [4.78, 5) is 22.7. The zero-order valence-electron chi connectivity index (χ0n) is 11.9. The Morgan fingerprint density at radius 1 is 1.22 bits per heavy atom. The van der Waals surface area contributed by atoms with Crippen molar-refractivity contribution in [2.45, 2.75) is 71.4 Å². The van der Waals surface area contributed by atoms with Crippen LogP contribution in [0.1, 0.15) is 59.8 Å². The summed E-state index contributed by atoms with van der Waals surface area (Å²) >= 11 is 0. The van der Waals surface area contributed by atoms with Crippen LogP contribution in [0, 0.1) is 0 Å². The van der Waals surface area contributed by atoms with E-state index in [4.69, 9.17) is 10.5 Å². The number of rotatable bonds is 7. The number of alkyl carbamates (subject to hydrolysis) is 1. The first-order valence-corrected chi connectivity index (χ1v) is 6.55. The molecule has 0 aromatic carbocycles. The summed E-state index contributed by atoms with van der Waals surface area (Å²) in [5, 5.41) is 2.51. The lowest BCUT2D eigenvalue weighted by molar-refractivity contribution is -0.120. The van der Waals surface area contributed by atoms with Gasteiger partial charge in [-0.1, -0.05) is 32.6 Å². The summed E-state index contributed by atoms with van der Waals surface area (Å²) in [5.41, 5.74) is 4.68. The second-order valence-corrected chi connectivity index (χ2v) is 5.45. The molecule has 0 radical (unpaired) electrons. The van der Waals surface area contributed by atoms with Crippen molar-refractivity contribution in [3.63, 3.8) is 0 Å². The van der Waals surface area contributed by atoms with Crippen molar-refractivity contribution in [1.29, 1.82) is 0 Å². The molecule has 0 aliphatic heterocycles. The highest BCUT2D eigenvalue weighted by atomic mass is 16.6. The van der Waals surface area contributed by atoms with Gasteiger partial charge < -0.3 is 15.8 Å². The maximum atomic E-state index is 11.5. The summed E-state index contributed by atoms with van der Waals surface area (Å²) < 4.78 is 5.09. The van der Waals surface area contributed by atoms with Crippen LogP contribution in [0.15, 0.2) is 0 Å². The molecule has 0 rings (SSSR count). The van der Waals surface area contributed by atoms with Crippen LogP contribution in [0.25, 0.3) is 0 Å². The van der Waals surface area contributed by atoms with Crippen molar-refractivity contribution in [3.8, 4) is 0 Å². The minimum Gasteiger partial charge on any atom is -0.444 e. The van der Waals surface area contributed by atoms with Gasteiger partial charge in [-0.3, -0.25) is 4.79 Å². The molecule has 3 N–H and O–H groups in total. The number of nitrogens with two attached hydrogens (primary N) is 1. The average molecular weight is 258 g/mol. The Hall–Kier alpha value is -1.26. The maximum absolute atomic E-state index is 11.5. The van der Waals surface area contributed by atoms with Gasteiger partial charge in [-0.2, -0.15) is 0 Å². The van der Waals surface area contributed by atoms with Crippen molar-refractivity contribution in [1.82, 2.24) is 5.32 Å². The van der Waals surface area contributed by atoms with E-state index in [1.165, 1.54) is 0 Å². The molecule has 5 nitrogen and oxygen atoms in total. The Balaban J connectivity index is 4.11. The molecule has 0 aliphatic rings. The molecule has 0 aromatic rings. The van der Waals surface area contributed by atoms with Crippen molar-refractivity contribution in [3.05, 3.63) is 0 Å². The van der Waals surface area contributed by atoms with E-state index < -0.39 is 23.6 Å². The van der Waals surface area contributed by atoms with Crippen molar-refractivity contribution < 1.29 is 14.3 Å². The van der Waals surface area contributed by atoms with E-state index in [0.717, 1.165) is 25.7 Å². The highest BCUT2D eigenvalue weighted by Gasteiger charge is 2.22. The number of primary amides is 1. The van der Waals surface area contributed by atoms with Crippen molar-refractivity contribution >= 4 is 12.0 Å². The molecule has 1 atom stereocenters. The Bertz CT molecular complexity index is 272. The molecule has 0 aliphatic carbocycles. The normalized spacial score (nSPS) is 12.9. The SMILES string of the molecule is CCCCCCC(NC(=O)OC(C)(C)C)C(N)=O. The molecule has 0 spiro atoms. The fourth-order valence-corrected chi connectivity index (χ4v) is 1.51. The molecular formula is C13H26N2O3. The number of hydrogen-bond donors (Lipinski definition) is 2. The van der Waals surface area contributed by atoms with Crippen molar-refractivity contribution in [2.24, 2.45) is 5.73 Å². The van der Waals surface area contributed by atoms with Gasteiger partial charge in [0.15, 0.2) is 0 Å². The van der Waals surface area contributed by atoms with E-state index >= 15 is 0 Å². The fraction of sp³-hybridized carbons (Fsp3) is 0.846. The number of carbonyl (C=O) groups excluding carboxylic acids is 2. The first kappa shape index (κ1) is 16.7. The minimum atomic E-state index is -0.642. The lowest BCUT2D eigenvalue weighted by Crippen LogP contribution is -2.46. The summed E-state index contributed by atoms with van der Waals surface area (Å²) in [6, 6.07) is -0.642. The summed E-state index contributed by atoms with van der Waals surface area (Å²) in [6.07, 6.45) is 4.13. The fourth-order valence-electron chi connectivity index (χ4n) is 1.51. The third kappa shape index (κ3) is 8.84. The van der Waals surface area contributed by atoms with Gasteiger partial charge in [-0.15, -0.1) is 0 Å². The third-order valence-electron chi connectivity index (χ3n) is 2.38. The standard InChI is InChI=1S/C13H26N2O3/c1-5-6-7-8-9-10(11(14)16)15-12(17)18-13(2,3)4/h10H,5-9H2,1-4H3,(H2,14,16)(H,15,17). The second kappa shape index (κ2) is 7.95. The largest absolute Gasteiger partial charge is 0.444 e. The third-order valence-corrected chi connectivity index (χ3v) is 2.38. The number of amides is 2. The monoisotopic (exact) mass is 258 g/mol. The highest BCUT2D eigenvalue weighted by Crippen LogP contribution is 2.09. The first-order chi connectivity index (χ1) is 8.26. The number of nitrogens with one attached hydrogen (secondary N) is 1. The van der Waals surface area contributed by atoms with Crippen LogP contribution < -0.4 is 11.1 Å². The van der Waals surface area contributed by atoms with Gasteiger partial charge in [0, 0.05) is 0 Å². The van der Waals surface area contributed by atoms with E-state index in [9.17, 15) is 9.59 Å². The molecule has 0 heterocycles. The van der Waals surface area contributed by atoms with Gasteiger partial charge in [-0.05, 0) is 27.2 Å². The minimum absolute atomic E-state index is 0.516. The molecule has 0 aromatic heterocycles. The molecule has 5 heteroatoms.